The highest BCUT2D eigenvalue weighted by Gasteiger charge is 2.22. The summed E-state index contributed by atoms with van der Waals surface area (Å²) in [6.07, 6.45) is 1.50. The number of rotatable bonds is 3. The minimum absolute atomic E-state index is 0.0222. The van der Waals surface area contributed by atoms with Crippen LogP contribution in [0.2, 0.25) is 0 Å². The first-order chi connectivity index (χ1) is 10.6. The second-order valence-electron chi connectivity index (χ2n) is 4.33. The Morgan fingerprint density at radius 2 is 2.00 bits per heavy atom. The van der Waals surface area contributed by atoms with Gasteiger partial charge in [-0.25, -0.2) is 4.79 Å². The number of benzene rings is 1. The molecule has 110 valence electrons. The first kappa shape index (κ1) is 13.6. The van der Waals surface area contributed by atoms with Gasteiger partial charge in [-0.1, -0.05) is 0 Å². The van der Waals surface area contributed by atoms with E-state index >= 15 is 0 Å². The zero-order chi connectivity index (χ0) is 15.7. The molecular weight excluding hydrogens is 290 g/mol. The van der Waals surface area contributed by atoms with Crippen molar-refractivity contribution in [3.8, 4) is 5.75 Å². The second-order valence-corrected chi connectivity index (χ2v) is 4.33. The molecule has 0 aliphatic rings. The average molecular weight is 299 g/mol. The molecule has 8 nitrogen and oxygen atoms in total. The summed E-state index contributed by atoms with van der Waals surface area (Å²) >= 11 is 0. The Labute approximate surface area is 123 Å². The number of pyridine rings is 1. The molecule has 0 atom stereocenters. The van der Waals surface area contributed by atoms with Gasteiger partial charge in [0.15, 0.2) is 5.58 Å². The number of esters is 1. The number of nitrogens with zero attached hydrogens (tertiary/aromatic N) is 2. The fourth-order valence-corrected chi connectivity index (χ4v) is 1.94. The first-order valence-electron chi connectivity index (χ1n) is 6.16. The Kier molecular flexibility index (Phi) is 3.18. The van der Waals surface area contributed by atoms with Gasteiger partial charge in [-0.05, 0) is 24.3 Å². The minimum Gasteiger partial charge on any atom is -0.438 e. The zero-order valence-electron chi connectivity index (χ0n) is 11.1. The molecule has 0 fully saturated rings. The van der Waals surface area contributed by atoms with Crippen LogP contribution in [-0.4, -0.2) is 15.9 Å². The SMILES string of the molecule is Nc1oc2cccnc2c1C(=O)Oc1ccc([N+](=O)[O-])cc1. The van der Waals surface area contributed by atoms with Crippen molar-refractivity contribution >= 4 is 28.6 Å². The smallest absolute Gasteiger partial charge is 0.351 e. The highest BCUT2D eigenvalue weighted by molar-refractivity contribution is 6.06. The summed E-state index contributed by atoms with van der Waals surface area (Å²) in [7, 11) is 0. The molecule has 0 aliphatic heterocycles. The first-order valence-corrected chi connectivity index (χ1v) is 6.16. The number of carbonyl (C=O) groups is 1. The fourth-order valence-electron chi connectivity index (χ4n) is 1.94. The van der Waals surface area contributed by atoms with Crippen molar-refractivity contribution in [2.45, 2.75) is 0 Å². The molecule has 1 aromatic carbocycles. The van der Waals surface area contributed by atoms with Gasteiger partial charge in [-0.3, -0.25) is 15.1 Å². The fraction of sp³-hybridized carbons (Fsp3) is 0. The quantitative estimate of drug-likeness (QED) is 0.341. The predicted octanol–water partition coefficient (Wildman–Crippen LogP) is 2.54. The van der Waals surface area contributed by atoms with E-state index < -0.39 is 10.9 Å². The lowest BCUT2D eigenvalue weighted by molar-refractivity contribution is -0.384. The van der Waals surface area contributed by atoms with Crippen LogP contribution < -0.4 is 10.5 Å². The number of hydrogen-bond donors (Lipinski definition) is 1. The Morgan fingerprint density at radius 3 is 2.68 bits per heavy atom. The van der Waals surface area contributed by atoms with Crippen LogP contribution in [0.25, 0.3) is 11.1 Å². The molecule has 0 spiro atoms. The van der Waals surface area contributed by atoms with Crippen molar-refractivity contribution in [2.24, 2.45) is 0 Å². The maximum Gasteiger partial charge on any atom is 0.351 e. The zero-order valence-corrected chi connectivity index (χ0v) is 11.1. The Morgan fingerprint density at radius 1 is 1.27 bits per heavy atom. The molecule has 0 aliphatic carbocycles. The van der Waals surface area contributed by atoms with E-state index in [0.717, 1.165) is 0 Å². The summed E-state index contributed by atoms with van der Waals surface area (Å²) in [5.41, 5.74) is 6.26. The molecule has 0 amide bonds. The van der Waals surface area contributed by atoms with E-state index in [4.69, 9.17) is 14.9 Å². The third kappa shape index (κ3) is 2.33. The molecule has 0 unspecified atom stereocenters. The third-order valence-electron chi connectivity index (χ3n) is 2.94. The van der Waals surface area contributed by atoms with Crippen LogP contribution in [0.4, 0.5) is 11.6 Å². The van der Waals surface area contributed by atoms with Gasteiger partial charge in [0, 0.05) is 18.3 Å². The molecule has 8 heteroatoms. The molecular formula is C14H9N3O5. The van der Waals surface area contributed by atoms with Gasteiger partial charge in [0.25, 0.3) is 5.69 Å². The number of nitro groups is 1. The van der Waals surface area contributed by atoms with Crippen molar-refractivity contribution < 1.29 is 18.9 Å². The summed E-state index contributed by atoms with van der Waals surface area (Å²) in [5.74, 6) is -0.690. The van der Waals surface area contributed by atoms with Gasteiger partial charge in [-0.2, -0.15) is 0 Å². The van der Waals surface area contributed by atoms with Gasteiger partial charge in [0.05, 0.1) is 4.92 Å². The Bertz CT molecular complexity index is 870. The van der Waals surface area contributed by atoms with Gasteiger partial charge in [0.2, 0.25) is 5.88 Å². The number of anilines is 1. The monoisotopic (exact) mass is 299 g/mol. The van der Waals surface area contributed by atoms with Crippen LogP contribution in [0.1, 0.15) is 10.4 Å². The molecule has 3 rings (SSSR count). The van der Waals surface area contributed by atoms with Crippen LogP contribution in [0.3, 0.4) is 0 Å². The standard InChI is InChI=1S/C14H9N3O5/c15-13-11(12-10(22-13)2-1-7-16-12)14(18)21-9-5-3-8(4-6-9)17(19)20/h1-7H,15H2. The van der Waals surface area contributed by atoms with Gasteiger partial charge in [-0.15, -0.1) is 0 Å². The van der Waals surface area contributed by atoms with Crippen molar-refractivity contribution in [3.05, 3.63) is 58.3 Å². The summed E-state index contributed by atoms with van der Waals surface area (Å²) in [6, 6.07) is 8.39. The van der Waals surface area contributed by atoms with Gasteiger partial charge in [0.1, 0.15) is 16.8 Å². The number of carbonyl (C=O) groups excluding carboxylic acids is 1. The summed E-state index contributed by atoms with van der Waals surface area (Å²) in [5, 5.41) is 10.6. The van der Waals surface area contributed by atoms with Crippen LogP contribution in [0.15, 0.2) is 47.0 Å². The van der Waals surface area contributed by atoms with E-state index in [9.17, 15) is 14.9 Å². The van der Waals surface area contributed by atoms with Crippen LogP contribution in [0.5, 0.6) is 5.75 Å². The number of non-ortho nitro benzene ring substituents is 1. The number of nitrogens with two attached hydrogens (primary N) is 1. The Balaban J connectivity index is 1.90. The van der Waals surface area contributed by atoms with E-state index in [-0.39, 0.29) is 22.9 Å². The lowest BCUT2D eigenvalue weighted by Crippen LogP contribution is -2.10. The molecule has 0 saturated heterocycles. The maximum absolute atomic E-state index is 12.2. The van der Waals surface area contributed by atoms with Crippen LogP contribution >= 0.6 is 0 Å². The van der Waals surface area contributed by atoms with E-state index in [0.29, 0.717) is 11.1 Å². The summed E-state index contributed by atoms with van der Waals surface area (Å²) < 4.78 is 10.4. The second kappa shape index (κ2) is 5.17. The minimum atomic E-state index is -0.746. The lowest BCUT2D eigenvalue weighted by atomic mass is 10.2. The molecule has 2 N–H and O–H groups in total. The third-order valence-corrected chi connectivity index (χ3v) is 2.94. The van der Waals surface area contributed by atoms with Crippen LogP contribution in [0, 0.1) is 10.1 Å². The number of aromatic nitrogens is 1. The van der Waals surface area contributed by atoms with Gasteiger partial charge >= 0.3 is 5.97 Å². The van der Waals surface area contributed by atoms with E-state index in [1.54, 1.807) is 12.1 Å². The number of ether oxygens (including phenoxy) is 1. The molecule has 3 aromatic rings. The topological polar surface area (TPSA) is 121 Å². The molecule has 0 saturated carbocycles. The van der Waals surface area contributed by atoms with Crippen molar-refractivity contribution in [1.29, 1.82) is 0 Å². The van der Waals surface area contributed by atoms with E-state index in [1.165, 1.54) is 30.5 Å². The number of nitrogen functional groups attached to an aromatic ring is 1. The maximum atomic E-state index is 12.2. The van der Waals surface area contributed by atoms with Crippen molar-refractivity contribution in [1.82, 2.24) is 4.98 Å². The van der Waals surface area contributed by atoms with Gasteiger partial charge < -0.3 is 14.9 Å². The predicted molar refractivity (Wildman–Crippen MR) is 76.5 cm³/mol. The van der Waals surface area contributed by atoms with E-state index in [2.05, 4.69) is 4.98 Å². The molecule has 2 aromatic heterocycles. The highest BCUT2D eigenvalue weighted by Crippen LogP contribution is 2.27. The Hall–Kier alpha value is -3.42. The summed E-state index contributed by atoms with van der Waals surface area (Å²) in [4.78, 5) is 26.3. The van der Waals surface area contributed by atoms with E-state index in [1.807, 2.05) is 0 Å². The van der Waals surface area contributed by atoms with Crippen molar-refractivity contribution in [2.75, 3.05) is 5.73 Å². The highest BCUT2D eigenvalue weighted by atomic mass is 16.6. The number of nitro benzene ring substituents is 1. The molecule has 2 heterocycles. The molecule has 0 bridgehead atoms. The van der Waals surface area contributed by atoms with Crippen molar-refractivity contribution in [3.63, 3.8) is 0 Å². The number of hydrogen-bond acceptors (Lipinski definition) is 7. The average Bonchev–Trinajstić information content (AvgIpc) is 2.83. The number of fused-ring (bicyclic) bond motifs is 1. The molecule has 0 radical (unpaired) electrons. The largest absolute Gasteiger partial charge is 0.438 e. The normalized spacial score (nSPS) is 10.5. The lowest BCUT2D eigenvalue weighted by Gasteiger charge is -2.03. The van der Waals surface area contributed by atoms with Crippen LogP contribution in [-0.2, 0) is 0 Å². The summed E-state index contributed by atoms with van der Waals surface area (Å²) in [6.45, 7) is 0. The number of furan rings is 1. The molecule has 22 heavy (non-hydrogen) atoms.